The Kier molecular flexibility index (Phi) is 9.17. The Hall–Kier alpha value is -3.31. The van der Waals surface area contributed by atoms with Gasteiger partial charge >= 0.3 is 11.9 Å². The molecule has 276 valence electrons. The van der Waals surface area contributed by atoms with Gasteiger partial charge in [-0.2, -0.15) is 18.4 Å². The van der Waals surface area contributed by atoms with Crippen LogP contribution in [0.4, 0.5) is 22.0 Å². The smallest absolute Gasteiger partial charge is 0.298 e. The van der Waals surface area contributed by atoms with Gasteiger partial charge in [0.1, 0.15) is 6.67 Å². The number of alkyl halides is 5. The average molecular weight is 715 g/mol. The highest BCUT2D eigenvalue weighted by atomic mass is 19.4. The van der Waals surface area contributed by atoms with Crippen LogP contribution in [0.1, 0.15) is 94.7 Å². The van der Waals surface area contributed by atoms with Crippen molar-refractivity contribution < 1.29 is 26.4 Å². The van der Waals surface area contributed by atoms with Crippen LogP contribution in [0, 0.1) is 22.7 Å². The monoisotopic (exact) mass is 714 g/mol. The highest BCUT2D eigenvalue weighted by Gasteiger charge is 2.57. The number of halogens is 5. The molecule has 4 aliphatic rings. The van der Waals surface area contributed by atoms with Gasteiger partial charge in [0.2, 0.25) is 0 Å². The van der Waals surface area contributed by atoms with Gasteiger partial charge in [-0.1, -0.05) is 31.9 Å². The molecule has 0 radical (unpaired) electrons. The number of benzene rings is 1. The number of nitriles is 1. The van der Waals surface area contributed by atoms with Crippen LogP contribution in [0.2, 0.25) is 0 Å². The van der Waals surface area contributed by atoms with Crippen LogP contribution in [0.15, 0.2) is 47.5 Å². The molecule has 2 saturated carbocycles. The summed E-state index contributed by atoms with van der Waals surface area (Å²) in [7, 11) is 2.32. The van der Waals surface area contributed by atoms with Crippen LogP contribution < -0.4 is 16.5 Å². The molecular formula is C38H49F5N7O+. The number of piperidine rings is 1. The number of likely N-dealkylation sites (tertiary alicyclic amines) is 1. The summed E-state index contributed by atoms with van der Waals surface area (Å²) < 4.78 is 74.9. The first kappa shape index (κ1) is 36.1. The molecule has 1 aromatic carbocycles. The predicted octanol–water partition coefficient (Wildman–Crippen LogP) is 7.10. The number of aromatic nitrogens is 2. The fourth-order valence-corrected chi connectivity index (χ4v) is 9.74. The molecule has 2 saturated heterocycles. The first-order valence-electron chi connectivity index (χ1n) is 18.4. The Balaban J connectivity index is 1.23. The van der Waals surface area contributed by atoms with Gasteiger partial charge in [0.15, 0.2) is 6.17 Å². The second-order valence-corrected chi connectivity index (χ2v) is 16.5. The van der Waals surface area contributed by atoms with E-state index < -0.39 is 34.7 Å². The second-order valence-electron chi connectivity index (χ2n) is 16.5. The third kappa shape index (κ3) is 6.62. The van der Waals surface area contributed by atoms with Crippen molar-refractivity contribution in [1.29, 1.82) is 5.26 Å². The molecular weight excluding hydrogens is 665 g/mol. The molecule has 2 unspecified atom stereocenters. The summed E-state index contributed by atoms with van der Waals surface area (Å²) in [6, 6.07) is 11.5. The minimum absolute atomic E-state index is 0.0229. The van der Waals surface area contributed by atoms with Crippen LogP contribution in [0.3, 0.4) is 0 Å². The van der Waals surface area contributed by atoms with E-state index in [0.29, 0.717) is 24.6 Å². The molecule has 0 bridgehead atoms. The molecule has 13 heteroatoms. The lowest BCUT2D eigenvalue weighted by Crippen LogP contribution is -2.61. The number of pyridine rings is 1. The number of nitrogens with zero attached hydrogens (tertiary/aromatic N) is 5. The van der Waals surface area contributed by atoms with Gasteiger partial charge in [0, 0.05) is 56.2 Å². The zero-order chi connectivity index (χ0) is 36.4. The molecule has 0 spiro atoms. The number of quaternary nitrogens is 1. The SMILES string of the molecule is C[C@H]1CN(Cc2cc(C(F)(F)F)c3cn(-c4cccc(C5(CC6NNC[N+]6(C)C6CCCCCC6)CC(C)(C#N)C5)c4)c(=O)n3c2)CCC1(F)F. The van der Waals surface area contributed by atoms with E-state index >= 15 is 0 Å². The number of nitrogens with one attached hydrogen (secondary N) is 2. The first-order valence-corrected chi connectivity index (χ1v) is 18.4. The standard InChI is InChI=1S/C38H49F5N7O/c1-26-18-47(14-13-37(26,39)40)19-27-15-31(38(41,42)43)32-21-48(34(51)49(32)20-27)29-10-8-9-28(16-29)36(22-35(2,23-36)24-44)17-33-46-45-25-50(33,3)30-11-6-4-5-7-12-30/h8-10,15-16,20-21,26,30,33,45-46H,4-7,11-14,17-19,22-23,25H2,1-3H3/q+1/t26-,33?,35?,36?,50?/m0/s1. The molecule has 2 aliphatic heterocycles. The van der Waals surface area contributed by atoms with Gasteiger partial charge < -0.3 is 0 Å². The topological polar surface area (TPSA) is 77.5 Å². The second kappa shape index (κ2) is 13.0. The number of rotatable bonds is 7. The van der Waals surface area contributed by atoms with Crippen molar-refractivity contribution in [1.82, 2.24) is 24.7 Å². The van der Waals surface area contributed by atoms with E-state index in [9.17, 15) is 32.0 Å². The van der Waals surface area contributed by atoms with Crippen molar-refractivity contribution in [2.24, 2.45) is 11.3 Å². The van der Waals surface area contributed by atoms with Crippen LogP contribution in [-0.4, -0.2) is 63.3 Å². The largest absolute Gasteiger partial charge is 0.418 e. The Morgan fingerprint density at radius 2 is 1.80 bits per heavy atom. The lowest BCUT2D eigenvalue weighted by Gasteiger charge is -2.54. The number of hydrazine groups is 1. The van der Waals surface area contributed by atoms with Crippen LogP contribution in [-0.2, 0) is 18.1 Å². The van der Waals surface area contributed by atoms with Crippen molar-refractivity contribution in [3.8, 4) is 11.8 Å². The fourth-order valence-electron chi connectivity index (χ4n) is 9.74. The van der Waals surface area contributed by atoms with Gasteiger partial charge in [0.05, 0.1) is 41.3 Å². The molecule has 0 amide bonds. The zero-order valence-corrected chi connectivity index (χ0v) is 29.7. The summed E-state index contributed by atoms with van der Waals surface area (Å²) in [5.74, 6) is -3.74. The van der Waals surface area contributed by atoms with Gasteiger partial charge in [-0.05, 0) is 74.8 Å². The minimum atomic E-state index is -4.74. The van der Waals surface area contributed by atoms with E-state index in [0.717, 1.165) is 33.6 Å². The van der Waals surface area contributed by atoms with Gasteiger partial charge in [0.25, 0.3) is 5.92 Å². The van der Waals surface area contributed by atoms with Crippen LogP contribution >= 0.6 is 0 Å². The Morgan fingerprint density at radius 3 is 2.47 bits per heavy atom. The minimum Gasteiger partial charge on any atom is -0.298 e. The molecule has 8 nitrogen and oxygen atoms in total. The van der Waals surface area contributed by atoms with E-state index in [1.165, 1.54) is 62.4 Å². The zero-order valence-electron chi connectivity index (χ0n) is 29.7. The van der Waals surface area contributed by atoms with Crippen molar-refractivity contribution in [3.05, 3.63) is 69.9 Å². The van der Waals surface area contributed by atoms with Crippen LogP contribution in [0.5, 0.6) is 0 Å². The summed E-state index contributed by atoms with van der Waals surface area (Å²) in [4.78, 5) is 15.7. The summed E-state index contributed by atoms with van der Waals surface area (Å²) in [6.45, 7) is 4.35. The van der Waals surface area contributed by atoms with E-state index in [1.54, 1.807) is 11.0 Å². The van der Waals surface area contributed by atoms with Crippen molar-refractivity contribution in [2.45, 2.75) is 114 Å². The number of imidazole rings is 1. The number of hydrogen-bond acceptors (Lipinski definition) is 5. The Bertz CT molecular complexity index is 1860. The van der Waals surface area contributed by atoms with Gasteiger partial charge in [-0.25, -0.2) is 24.4 Å². The van der Waals surface area contributed by atoms with Crippen molar-refractivity contribution in [2.75, 3.05) is 26.8 Å². The highest BCUT2D eigenvalue weighted by Crippen LogP contribution is 2.58. The van der Waals surface area contributed by atoms with E-state index in [2.05, 4.69) is 24.0 Å². The normalized spacial score (nSPS) is 32.1. The Morgan fingerprint density at radius 1 is 1.08 bits per heavy atom. The lowest BCUT2D eigenvalue weighted by molar-refractivity contribution is -0.948. The molecule has 4 fully saturated rings. The number of fused-ring (bicyclic) bond motifs is 1. The molecule has 2 aromatic heterocycles. The summed E-state index contributed by atoms with van der Waals surface area (Å²) in [5, 5.41) is 10.1. The maximum atomic E-state index is 14.5. The first-order chi connectivity index (χ1) is 24.1. The molecule has 7 rings (SSSR count). The molecule has 4 heterocycles. The van der Waals surface area contributed by atoms with Gasteiger partial charge in [-0.15, -0.1) is 0 Å². The van der Waals surface area contributed by atoms with Gasteiger partial charge in [-0.3, -0.25) is 18.4 Å². The molecule has 3 aromatic rings. The van der Waals surface area contributed by atoms with E-state index in [1.807, 2.05) is 25.1 Å². The maximum absolute atomic E-state index is 14.5. The quantitative estimate of drug-likeness (QED) is 0.155. The van der Waals surface area contributed by atoms with Crippen LogP contribution in [0.25, 0.3) is 11.2 Å². The number of hydrogen-bond donors (Lipinski definition) is 2. The third-order valence-corrected chi connectivity index (χ3v) is 12.7. The molecule has 2 N–H and O–H groups in total. The van der Waals surface area contributed by atoms with E-state index in [-0.39, 0.29) is 48.7 Å². The summed E-state index contributed by atoms with van der Waals surface area (Å²) in [6.07, 6.45) is 7.00. The molecule has 51 heavy (non-hydrogen) atoms. The predicted molar refractivity (Wildman–Crippen MR) is 184 cm³/mol. The fraction of sp³-hybridized carbons (Fsp3) is 0.632. The third-order valence-electron chi connectivity index (χ3n) is 12.7. The molecule has 2 aliphatic carbocycles. The Labute approximate surface area is 295 Å². The van der Waals surface area contributed by atoms with Crippen molar-refractivity contribution >= 4 is 5.52 Å². The lowest BCUT2D eigenvalue weighted by atomic mass is 9.50. The summed E-state index contributed by atoms with van der Waals surface area (Å²) >= 11 is 0. The average Bonchev–Trinajstić information content (AvgIpc) is 3.45. The molecule has 3 atom stereocenters. The van der Waals surface area contributed by atoms with Crippen molar-refractivity contribution in [3.63, 3.8) is 0 Å². The highest BCUT2D eigenvalue weighted by molar-refractivity contribution is 5.58. The maximum Gasteiger partial charge on any atom is 0.418 e. The van der Waals surface area contributed by atoms with E-state index in [4.69, 9.17) is 0 Å². The summed E-state index contributed by atoms with van der Waals surface area (Å²) in [5.41, 5.74) is 5.92.